The summed E-state index contributed by atoms with van der Waals surface area (Å²) in [6, 6.07) is 15.5. The smallest absolute Gasteiger partial charge is 0.209 e. The molecule has 1 heterocycles. The van der Waals surface area contributed by atoms with E-state index in [0.29, 0.717) is 17.0 Å². The van der Waals surface area contributed by atoms with Crippen LogP contribution in [0.1, 0.15) is 22.4 Å². The van der Waals surface area contributed by atoms with E-state index in [1.165, 1.54) is 0 Å². The van der Waals surface area contributed by atoms with E-state index in [2.05, 4.69) is 4.98 Å². The molecule has 0 N–H and O–H groups in total. The Bertz CT molecular complexity index is 1150. The first-order valence-corrected chi connectivity index (χ1v) is 11.8. The number of hydrogen-bond donors (Lipinski definition) is 0. The van der Waals surface area contributed by atoms with Gasteiger partial charge in [-0.1, -0.05) is 29.8 Å². The lowest BCUT2D eigenvalue weighted by Crippen LogP contribution is -2.13. The molecule has 1 aromatic heterocycles. The predicted octanol–water partition coefficient (Wildman–Crippen LogP) is 4.16. The van der Waals surface area contributed by atoms with Crippen molar-refractivity contribution in [2.24, 2.45) is 0 Å². The zero-order valence-electron chi connectivity index (χ0n) is 16.8. The van der Waals surface area contributed by atoms with Crippen LogP contribution in [0.2, 0.25) is 0 Å². The number of sulfone groups is 1. The van der Waals surface area contributed by atoms with Gasteiger partial charge < -0.3 is 4.74 Å². The van der Waals surface area contributed by atoms with Crippen molar-refractivity contribution in [3.8, 4) is 5.75 Å². The van der Waals surface area contributed by atoms with E-state index >= 15 is 0 Å². The lowest BCUT2D eigenvalue weighted by atomic mass is 10.2. The number of pyridine rings is 1. The fourth-order valence-corrected chi connectivity index (χ4v) is 6.39. The van der Waals surface area contributed by atoms with E-state index in [4.69, 9.17) is 4.74 Å². The van der Waals surface area contributed by atoms with Gasteiger partial charge in [0, 0.05) is 5.69 Å². The number of methoxy groups -OCH3 is 1. The van der Waals surface area contributed by atoms with Gasteiger partial charge in [0.05, 0.1) is 28.6 Å². The molecule has 1 atom stereocenters. The van der Waals surface area contributed by atoms with Crippen molar-refractivity contribution in [3.05, 3.63) is 77.0 Å². The van der Waals surface area contributed by atoms with Crippen LogP contribution in [0, 0.1) is 20.8 Å². The topological polar surface area (TPSA) is 73.3 Å². The van der Waals surface area contributed by atoms with Crippen molar-refractivity contribution in [2.75, 3.05) is 7.11 Å². The highest BCUT2D eigenvalue weighted by Crippen LogP contribution is 2.30. The maximum Gasteiger partial charge on any atom is 0.209 e. The van der Waals surface area contributed by atoms with Crippen LogP contribution in [0.25, 0.3) is 0 Å². The van der Waals surface area contributed by atoms with E-state index in [-0.39, 0.29) is 20.6 Å². The molecule has 3 rings (SSSR count). The molecule has 0 spiro atoms. The van der Waals surface area contributed by atoms with Crippen LogP contribution in [-0.4, -0.2) is 24.7 Å². The quantitative estimate of drug-likeness (QED) is 0.588. The highest BCUT2D eigenvalue weighted by molar-refractivity contribution is 7.92. The lowest BCUT2D eigenvalue weighted by molar-refractivity contribution is 0.414. The number of nitrogens with zero attached hydrogens (tertiary/aromatic N) is 1. The average molecular weight is 430 g/mol. The van der Waals surface area contributed by atoms with Crippen molar-refractivity contribution < 1.29 is 17.4 Å². The normalized spacial score (nSPS) is 12.6. The molecular weight excluding hydrogens is 406 g/mol. The average Bonchev–Trinajstić information content (AvgIpc) is 2.68. The fourth-order valence-electron chi connectivity index (χ4n) is 3.05. The molecule has 0 unspecified atom stereocenters. The monoisotopic (exact) mass is 429 g/mol. The molecule has 3 aromatic rings. The van der Waals surface area contributed by atoms with E-state index < -0.39 is 20.6 Å². The molecular formula is C22H23NO4S2. The van der Waals surface area contributed by atoms with Crippen LogP contribution < -0.4 is 4.74 Å². The van der Waals surface area contributed by atoms with Crippen LogP contribution in [-0.2, 0) is 26.4 Å². The van der Waals surface area contributed by atoms with Crippen molar-refractivity contribution in [2.45, 2.75) is 41.3 Å². The van der Waals surface area contributed by atoms with Gasteiger partial charge in [-0.3, -0.25) is 4.21 Å². The highest BCUT2D eigenvalue weighted by atomic mass is 32.2. The summed E-state index contributed by atoms with van der Waals surface area (Å²) in [5.74, 6) is 0.864. The Balaban J connectivity index is 2.07. The molecule has 0 aliphatic carbocycles. The van der Waals surface area contributed by atoms with Gasteiger partial charge in [-0.05, 0) is 62.2 Å². The molecule has 0 aliphatic heterocycles. The van der Waals surface area contributed by atoms with Gasteiger partial charge in [-0.2, -0.15) is 0 Å². The van der Waals surface area contributed by atoms with E-state index in [9.17, 15) is 12.6 Å². The number of hydrogen-bond acceptors (Lipinski definition) is 5. The van der Waals surface area contributed by atoms with Crippen molar-refractivity contribution in [3.63, 3.8) is 0 Å². The molecule has 7 heteroatoms. The molecule has 0 amide bonds. The summed E-state index contributed by atoms with van der Waals surface area (Å²) >= 11 is 0. The lowest BCUT2D eigenvalue weighted by Gasteiger charge is -2.14. The summed E-state index contributed by atoms with van der Waals surface area (Å²) in [6.07, 6.45) is 0. The first-order valence-electron chi connectivity index (χ1n) is 9.03. The van der Waals surface area contributed by atoms with Gasteiger partial charge >= 0.3 is 0 Å². The minimum atomic E-state index is -3.86. The Morgan fingerprint density at radius 2 is 1.59 bits per heavy atom. The second-order valence-corrected chi connectivity index (χ2v) is 10.1. The molecule has 5 nitrogen and oxygen atoms in total. The van der Waals surface area contributed by atoms with E-state index in [1.807, 2.05) is 19.1 Å². The minimum absolute atomic E-state index is 0.0267. The van der Waals surface area contributed by atoms with Crippen LogP contribution in [0.3, 0.4) is 0 Å². The van der Waals surface area contributed by atoms with Gasteiger partial charge in [0.1, 0.15) is 15.7 Å². The molecule has 29 heavy (non-hydrogen) atoms. The Labute approximate surface area is 174 Å². The fraction of sp³-hybridized carbons (Fsp3) is 0.227. The largest absolute Gasteiger partial charge is 0.497 e. The zero-order valence-corrected chi connectivity index (χ0v) is 18.4. The standard InChI is InChI=1S/C22H23NO4S2/c1-15-5-11-20(12-6-15)29(25,26)21-16(2)13-17(3)23-22(21)28(24)14-18-7-9-19(27-4)10-8-18/h5-13H,14H2,1-4H3/t28-/m1/s1. The van der Waals surface area contributed by atoms with E-state index in [0.717, 1.165) is 11.1 Å². The second-order valence-electron chi connectivity index (χ2n) is 6.87. The summed E-state index contributed by atoms with van der Waals surface area (Å²) in [6.45, 7) is 5.37. The summed E-state index contributed by atoms with van der Waals surface area (Å²) in [5.41, 5.74) is 2.94. The third kappa shape index (κ3) is 4.57. The molecule has 0 saturated heterocycles. The number of ether oxygens (including phenoxy) is 1. The van der Waals surface area contributed by atoms with Crippen molar-refractivity contribution in [1.29, 1.82) is 0 Å². The van der Waals surface area contributed by atoms with E-state index in [1.54, 1.807) is 63.4 Å². The Morgan fingerprint density at radius 1 is 0.966 bits per heavy atom. The zero-order chi connectivity index (χ0) is 21.2. The van der Waals surface area contributed by atoms with Crippen molar-refractivity contribution >= 4 is 20.6 Å². The number of benzene rings is 2. The van der Waals surface area contributed by atoms with Crippen LogP contribution in [0.4, 0.5) is 0 Å². The van der Waals surface area contributed by atoms with Gasteiger partial charge in [0.2, 0.25) is 9.84 Å². The third-order valence-corrected chi connectivity index (χ3v) is 7.93. The number of rotatable bonds is 6. The first-order chi connectivity index (χ1) is 13.7. The van der Waals surface area contributed by atoms with Gasteiger partial charge in [-0.15, -0.1) is 0 Å². The molecule has 0 bridgehead atoms. The van der Waals surface area contributed by atoms with Crippen molar-refractivity contribution in [1.82, 2.24) is 4.98 Å². The minimum Gasteiger partial charge on any atom is -0.497 e. The van der Waals surface area contributed by atoms with Gasteiger partial charge in [-0.25, -0.2) is 13.4 Å². The van der Waals surface area contributed by atoms with Crippen LogP contribution >= 0.6 is 0 Å². The van der Waals surface area contributed by atoms with Crippen LogP contribution in [0.15, 0.2) is 69.4 Å². The third-order valence-electron chi connectivity index (χ3n) is 4.53. The summed E-state index contributed by atoms with van der Waals surface area (Å²) in [5, 5.41) is 0.0962. The highest BCUT2D eigenvalue weighted by Gasteiger charge is 2.28. The Kier molecular flexibility index (Phi) is 6.19. The first kappa shape index (κ1) is 21.2. The molecule has 0 saturated carbocycles. The maximum absolute atomic E-state index is 13.3. The summed E-state index contributed by atoms with van der Waals surface area (Å²) in [4.78, 5) is 4.56. The summed E-state index contributed by atoms with van der Waals surface area (Å²) < 4.78 is 45.0. The van der Waals surface area contributed by atoms with Gasteiger partial charge in [0.25, 0.3) is 0 Å². The number of aromatic nitrogens is 1. The maximum atomic E-state index is 13.3. The Morgan fingerprint density at radius 3 is 2.17 bits per heavy atom. The molecule has 0 fully saturated rings. The SMILES string of the molecule is COc1ccc(C[S@@](=O)c2nc(C)cc(C)c2S(=O)(=O)c2ccc(C)cc2)cc1. The molecule has 0 aliphatic rings. The molecule has 152 valence electrons. The molecule has 2 aromatic carbocycles. The van der Waals surface area contributed by atoms with Crippen LogP contribution in [0.5, 0.6) is 5.75 Å². The molecule has 0 radical (unpaired) electrons. The van der Waals surface area contributed by atoms with Gasteiger partial charge in [0.15, 0.2) is 0 Å². The second kappa shape index (κ2) is 8.47. The Hall–Kier alpha value is -2.51. The number of aryl methyl sites for hydroxylation is 3. The summed E-state index contributed by atoms with van der Waals surface area (Å²) in [7, 11) is -3.91. The predicted molar refractivity (Wildman–Crippen MR) is 113 cm³/mol.